The minimum atomic E-state index is 0. The molecule has 0 radical (unpaired) electrons. The van der Waals surface area contributed by atoms with E-state index < -0.39 is 0 Å². The molecule has 27 heavy (non-hydrogen) atoms. The van der Waals surface area contributed by atoms with Gasteiger partial charge in [-0.2, -0.15) is 0 Å². The van der Waals surface area contributed by atoms with Crippen molar-refractivity contribution in [3.8, 4) is 0 Å². The highest BCUT2D eigenvalue weighted by atomic mass is 35.5. The molecule has 6 heteroatoms. The Morgan fingerprint density at radius 3 is 2.44 bits per heavy atom. The SMILES string of the molecule is CCCO[C@H]1CC[C@H](N2CCC(n3c(=O)[nH]c4ccccc43)CC2)CC1.Cl. The van der Waals surface area contributed by atoms with Crippen LogP contribution in [-0.4, -0.2) is 46.3 Å². The molecule has 0 unspecified atom stereocenters. The van der Waals surface area contributed by atoms with E-state index in [0.29, 0.717) is 18.2 Å². The van der Waals surface area contributed by atoms with E-state index in [0.717, 1.165) is 50.0 Å². The lowest BCUT2D eigenvalue weighted by atomic mass is 9.90. The predicted molar refractivity (Wildman–Crippen MR) is 112 cm³/mol. The predicted octanol–water partition coefficient (Wildman–Crippen LogP) is 4.13. The first-order valence-electron chi connectivity index (χ1n) is 10.3. The van der Waals surface area contributed by atoms with Crippen LogP contribution in [0.1, 0.15) is 57.9 Å². The number of hydrogen-bond donors (Lipinski definition) is 1. The second-order valence-electron chi connectivity index (χ2n) is 7.89. The Morgan fingerprint density at radius 2 is 1.74 bits per heavy atom. The smallest absolute Gasteiger partial charge is 0.326 e. The van der Waals surface area contributed by atoms with Crippen molar-refractivity contribution in [3.63, 3.8) is 0 Å². The van der Waals surface area contributed by atoms with Crippen LogP contribution < -0.4 is 5.69 Å². The van der Waals surface area contributed by atoms with Gasteiger partial charge in [-0.15, -0.1) is 12.4 Å². The fourth-order valence-electron chi connectivity index (χ4n) is 4.81. The maximum Gasteiger partial charge on any atom is 0.326 e. The second-order valence-corrected chi connectivity index (χ2v) is 7.89. The summed E-state index contributed by atoms with van der Waals surface area (Å²) in [7, 11) is 0. The van der Waals surface area contributed by atoms with Crippen LogP contribution in [0.3, 0.4) is 0 Å². The summed E-state index contributed by atoms with van der Waals surface area (Å²) >= 11 is 0. The number of likely N-dealkylation sites (tertiary alicyclic amines) is 1. The molecule has 1 saturated carbocycles. The highest BCUT2D eigenvalue weighted by Gasteiger charge is 2.30. The number of aromatic nitrogens is 2. The van der Waals surface area contributed by atoms with Gasteiger partial charge in [0.05, 0.1) is 17.1 Å². The monoisotopic (exact) mass is 393 g/mol. The summed E-state index contributed by atoms with van der Waals surface area (Å²) in [6, 6.07) is 9.06. The number of nitrogens with zero attached hydrogens (tertiary/aromatic N) is 2. The first kappa shape index (κ1) is 20.4. The normalized spacial score (nSPS) is 24.8. The molecule has 2 aromatic rings. The zero-order chi connectivity index (χ0) is 17.9. The van der Waals surface area contributed by atoms with Gasteiger partial charge in [0.1, 0.15) is 0 Å². The van der Waals surface area contributed by atoms with Crippen LogP contribution in [-0.2, 0) is 4.74 Å². The third kappa shape index (κ3) is 4.41. The Labute approximate surface area is 167 Å². The number of hydrogen-bond acceptors (Lipinski definition) is 3. The topological polar surface area (TPSA) is 50.3 Å². The second kappa shape index (κ2) is 9.26. The third-order valence-electron chi connectivity index (χ3n) is 6.21. The molecule has 150 valence electrons. The maximum atomic E-state index is 12.4. The summed E-state index contributed by atoms with van der Waals surface area (Å²) in [4.78, 5) is 18.1. The molecule has 2 fully saturated rings. The quantitative estimate of drug-likeness (QED) is 0.831. The molecule has 4 rings (SSSR count). The average molecular weight is 394 g/mol. The Balaban J connectivity index is 0.00000210. The van der Waals surface area contributed by atoms with Crippen LogP contribution >= 0.6 is 12.4 Å². The molecule has 1 aliphatic carbocycles. The standard InChI is InChI=1S/C21H31N3O2.ClH/c1-2-15-26-18-9-7-16(8-10-18)23-13-11-17(12-14-23)24-20-6-4-3-5-19(20)22-21(24)25;/h3-6,16-18H,2,7-15H2,1H3,(H,22,25);1H/t16-,18-;. The first-order valence-corrected chi connectivity index (χ1v) is 10.3. The van der Waals surface area contributed by atoms with Gasteiger partial charge in [-0.1, -0.05) is 19.1 Å². The number of imidazole rings is 1. The summed E-state index contributed by atoms with van der Waals surface area (Å²) in [5, 5.41) is 0. The van der Waals surface area contributed by atoms with Gasteiger partial charge in [0.2, 0.25) is 0 Å². The minimum Gasteiger partial charge on any atom is -0.378 e. The number of H-pyrrole nitrogens is 1. The highest BCUT2D eigenvalue weighted by molar-refractivity contribution is 5.85. The number of halogens is 1. The average Bonchev–Trinajstić information content (AvgIpc) is 3.02. The van der Waals surface area contributed by atoms with Crippen molar-refractivity contribution in [3.05, 3.63) is 34.7 Å². The zero-order valence-electron chi connectivity index (χ0n) is 16.2. The Morgan fingerprint density at radius 1 is 1.04 bits per heavy atom. The van der Waals surface area contributed by atoms with E-state index >= 15 is 0 Å². The van der Waals surface area contributed by atoms with E-state index in [9.17, 15) is 4.79 Å². The largest absolute Gasteiger partial charge is 0.378 e. The summed E-state index contributed by atoms with van der Waals surface area (Å²) < 4.78 is 7.92. The summed E-state index contributed by atoms with van der Waals surface area (Å²) in [6.07, 6.45) is 8.63. The van der Waals surface area contributed by atoms with Gasteiger partial charge in [0.15, 0.2) is 0 Å². The van der Waals surface area contributed by atoms with Crippen LogP contribution in [0.25, 0.3) is 11.0 Å². The van der Waals surface area contributed by atoms with Crippen molar-refractivity contribution in [1.29, 1.82) is 0 Å². The van der Waals surface area contributed by atoms with Crippen LogP contribution in [0, 0.1) is 0 Å². The molecule has 0 spiro atoms. The van der Waals surface area contributed by atoms with Gasteiger partial charge in [-0.3, -0.25) is 4.57 Å². The van der Waals surface area contributed by atoms with Gasteiger partial charge >= 0.3 is 5.69 Å². The fraction of sp³-hybridized carbons (Fsp3) is 0.667. The Bertz CT molecular complexity index is 771. The number of aromatic amines is 1. The van der Waals surface area contributed by atoms with Crippen LogP contribution in [0.15, 0.2) is 29.1 Å². The van der Waals surface area contributed by atoms with Gasteiger partial charge in [-0.25, -0.2) is 4.79 Å². The Kier molecular flexibility index (Phi) is 7.01. The van der Waals surface area contributed by atoms with Gasteiger partial charge in [0, 0.05) is 31.8 Å². The minimum absolute atomic E-state index is 0. The molecule has 1 aromatic carbocycles. The number of benzene rings is 1. The molecule has 2 aliphatic rings. The number of fused-ring (bicyclic) bond motifs is 1. The summed E-state index contributed by atoms with van der Waals surface area (Å²) in [5.41, 5.74) is 2.04. The van der Waals surface area contributed by atoms with E-state index in [4.69, 9.17) is 4.74 Å². The van der Waals surface area contributed by atoms with Gasteiger partial charge in [0.25, 0.3) is 0 Å². The van der Waals surface area contributed by atoms with Gasteiger partial charge in [-0.05, 0) is 57.1 Å². The van der Waals surface area contributed by atoms with Crippen molar-refractivity contribution >= 4 is 23.4 Å². The molecule has 1 saturated heterocycles. The molecular weight excluding hydrogens is 362 g/mol. The van der Waals surface area contributed by atoms with E-state index in [-0.39, 0.29) is 18.1 Å². The molecule has 1 N–H and O–H groups in total. The highest BCUT2D eigenvalue weighted by Crippen LogP contribution is 2.31. The van der Waals surface area contributed by atoms with Crippen molar-refractivity contribution in [2.45, 2.75) is 70.1 Å². The third-order valence-corrected chi connectivity index (χ3v) is 6.21. The van der Waals surface area contributed by atoms with Crippen LogP contribution in [0.5, 0.6) is 0 Å². The molecule has 1 aromatic heterocycles. The van der Waals surface area contributed by atoms with Gasteiger partial charge < -0.3 is 14.6 Å². The first-order chi connectivity index (χ1) is 12.8. The van der Waals surface area contributed by atoms with Crippen molar-refractivity contribution in [2.24, 2.45) is 0 Å². The molecule has 0 atom stereocenters. The fourth-order valence-corrected chi connectivity index (χ4v) is 4.81. The number of rotatable bonds is 5. The maximum absolute atomic E-state index is 12.4. The lowest BCUT2D eigenvalue weighted by Gasteiger charge is -2.41. The molecule has 0 amide bonds. The van der Waals surface area contributed by atoms with Crippen LogP contribution in [0.2, 0.25) is 0 Å². The number of piperidine rings is 1. The van der Waals surface area contributed by atoms with E-state index in [1.807, 2.05) is 22.8 Å². The zero-order valence-corrected chi connectivity index (χ0v) is 17.0. The summed E-state index contributed by atoms with van der Waals surface area (Å²) in [5.74, 6) is 0. The lowest BCUT2D eigenvalue weighted by molar-refractivity contribution is 0.00254. The summed E-state index contributed by atoms with van der Waals surface area (Å²) in [6.45, 7) is 5.28. The number of nitrogens with one attached hydrogen (secondary N) is 1. The molecule has 2 heterocycles. The van der Waals surface area contributed by atoms with E-state index in [1.165, 1.54) is 25.7 Å². The van der Waals surface area contributed by atoms with Crippen LogP contribution in [0.4, 0.5) is 0 Å². The molecule has 5 nitrogen and oxygen atoms in total. The lowest BCUT2D eigenvalue weighted by Crippen LogP contribution is -2.45. The van der Waals surface area contributed by atoms with Crippen molar-refractivity contribution in [2.75, 3.05) is 19.7 Å². The molecular formula is C21H32ClN3O2. The number of ether oxygens (including phenoxy) is 1. The number of para-hydroxylation sites is 2. The van der Waals surface area contributed by atoms with E-state index in [2.05, 4.69) is 22.9 Å². The Hall–Kier alpha value is -1.30. The van der Waals surface area contributed by atoms with Crippen molar-refractivity contribution in [1.82, 2.24) is 14.5 Å². The van der Waals surface area contributed by atoms with Crippen molar-refractivity contribution < 1.29 is 4.74 Å². The van der Waals surface area contributed by atoms with E-state index in [1.54, 1.807) is 0 Å². The molecule has 1 aliphatic heterocycles. The molecule has 0 bridgehead atoms.